The highest BCUT2D eigenvalue weighted by Gasteiger charge is 2.31. The van der Waals surface area contributed by atoms with Crippen LogP contribution < -0.4 is 5.32 Å². The average Bonchev–Trinajstić information content (AvgIpc) is 2.27. The van der Waals surface area contributed by atoms with Gasteiger partial charge in [-0.15, -0.1) is 0 Å². The van der Waals surface area contributed by atoms with Gasteiger partial charge in [-0.1, -0.05) is 6.42 Å². The number of nitrogens with zero attached hydrogens (tertiary/aromatic N) is 1. The summed E-state index contributed by atoms with van der Waals surface area (Å²) < 4.78 is 0. The SMILES string of the molecule is CNC(=O)C1CCCCN1C(C)CC(=O)O. The number of hydrogen-bond donors (Lipinski definition) is 2. The van der Waals surface area contributed by atoms with Crippen molar-refractivity contribution in [3.05, 3.63) is 0 Å². The van der Waals surface area contributed by atoms with Gasteiger partial charge in [0, 0.05) is 13.1 Å². The fourth-order valence-electron chi connectivity index (χ4n) is 2.30. The standard InChI is InChI=1S/C11H20N2O3/c1-8(7-10(14)15)13-6-4-3-5-9(13)11(16)12-2/h8-9H,3-7H2,1-2H3,(H,12,16)(H,14,15). The van der Waals surface area contributed by atoms with Crippen LogP contribution in [0.2, 0.25) is 0 Å². The van der Waals surface area contributed by atoms with Crippen LogP contribution in [0.25, 0.3) is 0 Å². The maximum Gasteiger partial charge on any atom is 0.304 e. The predicted octanol–water partition coefficient (Wildman–Crippen LogP) is 0.450. The molecule has 0 saturated carbocycles. The number of nitrogens with one attached hydrogen (secondary N) is 1. The lowest BCUT2D eigenvalue weighted by Gasteiger charge is -2.38. The third kappa shape index (κ3) is 3.20. The van der Waals surface area contributed by atoms with Crippen LogP contribution in [0.15, 0.2) is 0 Å². The molecule has 0 spiro atoms. The second kappa shape index (κ2) is 5.84. The van der Waals surface area contributed by atoms with E-state index in [1.807, 2.05) is 11.8 Å². The van der Waals surface area contributed by atoms with Crippen molar-refractivity contribution >= 4 is 11.9 Å². The zero-order valence-electron chi connectivity index (χ0n) is 9.90. The van der Waals surface area contributed by atoms with Crippen molar-refractivity contribution in [3.63, 3.8) is 0 Å². The molecule has 1 aliphatic heterocycles. The molecule has 2 unspecified atom stereocenters. The Morgan fingerprint density at radius 2 is 2.19 bits per heavy atom. The van der Waals surface area contributed by atoms with Gasteiger partial charge in [0.25, 0.3) is 0 Å². The van der Waals surface area contributed by atoms with Gasteiger partial charge in [-0.2, -0.15) is 0 Å². The van der Waals surface area contributed by atoms with Crippen molar-refractivity contribution in [1.82, 2.24) is 10.2 Å². The van der Waals surface area contributed by atoms with E-state index in [9.17, 15) is 9.59 Å². The number of hydrogen-bond acceptors (Lipinski definition) is 3. The van der Waals surface area contributed by atoms with E-state index >= 15 is 0 Å². The molecule has 1 rings (SSSR count). The first-order valence-electron chi connectivity index (χ1n) is 5.75. The number of piperidine rings is 1. The molecule has 92 valence electrons. The number of carbonyl (C=O) groups is 2. The summed E-state index contributed by atoms with van der Waals surface area (Å²) >= 11 is 0. The molecule has 1 heterocycles. The number of carbonyl (C=O) groups excluding carboxylic acids is 1. The second-order valence-corrected chi connectivity index (χ2v) is 4.31. The van der Waals surface area contributed by atoms with Gasteiger partial charge < -0.3 is 10.4 Å². The highest BCUT2D eigenvalue weighted by atomic mass is 16.4. The van der Waals surface area contributed by atoms with E-state index in [0.717, 1.165) is 25.8 Å². The van der Waals surface area contributed by atoms with Crippen molar-refractivity contribution in [2.45, 2.75) is 44.7 Å². The van der Waals surface area contributed by atoms with Crippen molar-refractivity contribution in [2.75, 3.05) is 13.6 Å². The smallest absolute Gasteiger partial charge is 0.304 e. The number of rotatable bonds is 4. The fraction of sp³-hybridized carbons (Fsp3) is 0.818. The number of carboxylic acids is 1. The molecule has 0 aromatic rings. The fourth-order valence-corrected chi connectivity index (χ4v) is 2.30. The predicted molar refractivity (Wildman–Crippen MR) is 60.1 cm³/mol. The summed E-state index contributed by atoms with van der Waals surface area (Å²) in [6.07, 6.45) is 2.99. The lowest BCUT2D eigenvalue weighted by atomic mass is 9.98. The molecule has 0 bridgehead atoms. The van der Waals surface area contributed by atoms with Crippen molar-refractivity contribution in [3.8, 4) is 0 Å². The molecular formula is C11H20N2O3. The molecule has 0 aliphatic carbocycles. The number of likely N-dealkylation sites (N-methyl/N-ethyl adjacent to an activating group) is 1. The summed E-state index contributed by atoms with van der Waals surface area (Å²) in [7, 11) is 1.62. The Morgan fingerprint density at radius 1 is 1.50 bits per heavy atom. The molecule has 0 aromatic heterocycles. The van der Waals surface area contributed by atoms with Gasteiger partial charge >= 0.3 is 5.97 Å². The Morgan fingerprint density at radius 3 is 2.75 bits per heavy atom. The van der Waals surface area contributed by atoms with Crippen molar-refractivity contribution in [2.24, 2.45) is 0 Å². The zero-order valence-corrected chi connectivity index (χ0v) is 9.90. The summed E-state index contributed by atoms with van der Waals surface area (Å²) in [5.41, 5.74) is 0. The summed E-state index contributed by atoms with van der Waals surface area (Å²) in [6, 6.07) is -0.242. The summed E-state index contributed by atoms with van der Waals surface area (Å²) in [6.45, 7) is 2.68. The van der Waals surface area contributed by atoms with E-state index < -0.39 is 5.97 Å². The minimum atomic E-state index is -0.811. The van der Waals surface area contributed by atoms with Crippen LogP contribution in [0.1, 0.15) is 32.6 Å². The topological polar surface area (TPSA) is 69.6 Å². The molecule has 1 aliphatic rings. The molecule has 0 aromatic carbocycles. The minimum Gasteiger partial charge on any atom is -0.481 e. The van der Waals surface area contributed by atoms with Crippen molar-refractivity contribution < 1.29 is 14.7 Å². The summed E-state index contributed by atoms with van der Waals surface area (Å²) in [4.78, 5) is 24.3. The van der Waals surface area contributed by atoms with Gasteiger partial charge in [0.05, 0.1) is 12.5 Å². The molecule has 2 N–H and O–H groups in total. The van der Waals surface area contributed by atoms with E-state index in [1.54, 1.807) is 7.05 Å². The Bertz CT molecular complexity index is 268. The van der Waals surface area contributed by atoms with E-state index in [4.69, 9.17) is 5.11 Å². The van der Waals surface area contributed by atoms with Gasteiger partial charge in [0.2, 0.25) is 5.91 Å². The van der Waals surface area contributed by atoms with Crippen LogP contribution in [0.5, 0.6) is 0 Å². The lowest BCUT2D eigenvalue weighted by Crippen LogP contribution is -2.52. The quantitative estimate of drug-likeness (QED) is 0.733. The Balaban J connectivity index is 2.65. The zero-order chi connectivity index (χ0) is 12.1. The maximum atomic E-state index is 11.7. The maximum absolute atomic E-state index is 11.7. The van der Waals surface area contributed by atoms with Gasteiger partial charge in [0.1, 0.15) is 0 Å². The number of likely N-dealkylation sites (tertiary alicyclic amines) is 1. The third-order valence-corrected chi connectivity index (χ3v) is 3.13. The van der Waals surface area contributed by atoms with Crippen LogP contribution in [0, 0.1) is 0 Å². The van der Waals surface area contributed by atoms with E-state index in [0.29, 0.717) is 0 Å². The van der Waals surface area contributed by atoms with Gasteiger partial charge in [-0.3, -0.25) is 14.5 Å². The van der Waals surface area contributed by atoms with Crippen LogP contribution in [-0.2, 0) is 9.59 Å². The molecule has 0 radical (unpaired) electrons. The summed E-state index contributed by atoms with van der Waals surface area (Å²) in [5.74, 6) is -0.814. The molecule has 16 heavy (non-hydrogen) atoms. The Kier molecular flexibility index (Phi) is 4.73. The van der Waals surface area contributed by atoms with E-state index in [1.165, 1.54) is 0 Å². The van der Waals surface area contributed by atoms with Gasteiger partial charge in [-0.05, 0) is 26.3 Å². The van der Waals surface area contributed by atoms with Crippen molar-refractivity contribution in [1.29, 1.82) is 0 Å². The molecule has 2 atom stereocenters. The Labute approximate surface area is 95.8 Å². The monoisotopic (exact) mass is 228 g/mol. The molecular weight excluding hydrogens is 208 g/mol. The van der Waals surface area contributed by atoms with E-state index in [-0.39, 0.29) is 24.4 Å². The highest BCUT2D eigenvalue weighted by molar-refractivity contribution is 5.81. The highest BCUT2D eigenvalue weighted by Crippen LogP contribution is 2.21. The van der Waals surface area contributed by atoms with Gasteiger partial charge in [0.15, 0.2) is 0 Å². The lowest BCUT2D eigenvalue weighted by molar-refractivity contribution is -0.140. The van der Waals surface area contributed by atoms with Gasteiger partial charge in [-0.25, -0.2) is 0 Å². The molecule has 1 saturated heterocycles. The van der Waals surface area contributed by atoms with Crippen LogP contribution in [-0.4, -0.2) is 47.6 Å². The average molecular weight is 228 g/mol. The minimum absolute atomic E-state index is 0.00283. The number of carboxylic acid groups (broad SMARTS) is 1. The first kappa shape index (κ1) is 13.0. The number of aliphatic carboxylic acids is 1. The second-order valence-electron chi connectivity index (χ2n) is 4.31. The Hall–Kier alpha value is -1.10. The third-order valence-electron chi connectivity index (χ3n) is 3.13. The molecule has 1 amide bonds. The van der Waals surface area contributed by atoms with Crippen LogP contribution in [0.3, 0.4) is 0 Å². The van der Waals surface area contributed by atoms with E-state index in [2.05, 4.69) is 5.32 Å². The number of amides is 1. The van der Waals surface area contributed by atoms with Crippen LogP contribution in [0.4, 0.5) is 0 Å². The largest absolute Gasteiger partial charge is 0.481 e. The summed E-state index contributed by atoms with van der Waals surface area (Å²) in [5, 5.41) is 11.4. The first-order chi connectivity index (χ1) is 7.56. The molecule has 1 fully saturated rings. The molecule has 5 heteroatoms. The first-order valence-corrected chi connectivity index (χ1v) is 5.75. The normalized spacial score (nSPS) is 23.8. The van der Waals surface area contributed by atoms with Crippen LogP contribution >= 0.6 is 0 Å². The molecule has 5 nitrogen and oxygen atoms in total.